The molecule has 2 rings (SSSR count). The van der Waals surface area contributed by atoms with Crippen LogP contribution in [0.5, 0.6) is 0 Å². The summed E-state index contributed by atoms with van der Waals surface area (Å²) in [6.45, 7) is 8.47. The molecule has 0 radical (unpaired) electrons. The maximum Gasteiger partial charge on any atom is 0.315 e. The van der Waals surface area contributed by atoms with Crippen LogP contribution in [0.15, 0.2) is 42.6 Å². The van der Waals surface area contributed by atoms with Crippen LogP contribution in [0.25, 0.3) is 0 Å². The SMILES string of the molecule is Cc1cccc(Cn2cccc2CNC(=O)NCCC(C)C)c1. The van der Waals surface area contributed by atoms with Crippen molar-refractivity contribution in [1.29, 1.82) is 0 Å². The lowest BCUT2D eigenvalue weighted by Gasteiger charge is -2.12. The van der Waals surface area contributed by atoms with E-state index in [1.807, 2.05) is 12.1 Å². The molecule has 4 nitrogen and oxygen atoms in total. The molecule has 0 fully saturated rings. The molecule has 2 amide bonds. The van der Waals surface area contributed by atoms with Gasteiger partial charge in [0.1, 0.15) is 0 Å². The molecule has 2 N–H and O–H groups in total. The Morgan fingerprint density at radius 3 is 2.74 bits per heavy atom. The molecule has 0 saturated heterocycles. The first-order valence-corrected chi connectivity index (χ1v) is 8.26. The molecule has 0 bridgehead atoms. The second-order valence-corrected chi connectivity index (χ2v) is 6.41. The number of aryl methyl sites for hydroxylation is 1. The second kappa shape index (κ2) is 8.42. The van der Waals surface area contributed by atoms with Crippen LogP contribution in [0, 0.1) is 12.8 Å². The van der Waals surface area contributed by atoms with Crippen molar-refractivity contribution >= 4 is 6.03 Å². The van der Waals surface area contributed by atoms with E-state index in [9.17, 15) is 4.79 Å². The number of urea groups is 1. The Balaban J connectivity index is 1.85. The number of nitrogens with one attached hydrogen (secondary N) is 2. The molecule has 0 aliphatic carbocycles. The maximum absolute atomic E-state index is 11.8. The second-order valence-electron chi connectivity index (χ2n) is 6.41. The minimum absolute atomic E-state index is 0.103. The predicted molar refractivity (Wildman–Crippen MR) is 94.4 cm³/mol. The Bertz CT molecular complexity index is 631. The third-order valence-corrected chi connectivity index (χ3v) is 3.80. The van der Waals surface area contributed by atoms with E-state index in [0.717, 1.165) is 18.7 Å². The van der Waals surface area contributed by atoms with Gasteiger partial charge in [-0.25, -0.2) is 4.79 Å². The number of hydrogen-bond acceptors (Lipinski definition) is 1. The monoisotopic (exact) mass is 313 g/mol. The molecule has 0 atom stereocenters. The van der Waals surface area contributed by atoms with E-state index in [1.165, 1.54) is 11.1 Å². The fraction of sp³-hybridized carbons (Fsp3) is 0.421. The lowest BCUT2D eigenvalue weighted by Crippen LogP contribution is -2.36. The molecule has 0 saturated carbocycles. The largest absolute Gasteiger partial charge is 0.345 e. The van der Waals surface area contributed by atoms with Gasteiger partial charge in [0.05, 0.1) is 6.54 Å². The Morgan fingerprint density at radius 1 is 1.17 bits per heavy atom. The van der Waals surface area contributed by atoms with Gasteiger partial charge >= 0.3 is 6.03 Å². The zero-order valence-electron chi connectivity index (χ0n) is 14.3. The van der Waals surface area contributed by atoms with E-state index in [4.69, 9.17) is 0 Å². The summed E-state index contributed by atoms with van der Waals surface area (Å²) in [6, 6.07) is 12.5. The van der Waals surface area contributed by atoms with Gasteiger partial charge in [0.25, 0.3) is 0 Å². The molecular formula is C19H27N3O. The van der Waals surface area contributed by atoms with Crippen LogP contribution in [0.4, 0.5) is 4.79 Å². The van der Waals surface area contributed by atoms with Gasteiger partial charge in [0, 0.05) is 25.0 Å². The van der Waals surface area contributed by atoms with Gasteiger partial charge in [-0.15, -0.1) is 0 Å². The average molecular weight is 313 g/mol. The Hall–Kier alpha value is -2.23. The molecule has 0 unspecified atom stereocenters. The lowest BCUT2D eigenvalue weighted by atomic mass is 10.1. The summed E-state index contributed by atoms with van der Waals surface area (Å²) in [7, 11) is 0. The first-order valence-electron chi connectivity index (χ1n) is 8.26. The van der Waals surface area contributed by atoms with Crippen LogP contribution >= 0.6 is 0 Å². The molecule has 1 heterocycles. The molecule has 4 heteroatoms. The smallest absolute Gasteiger partial charge is 0.315 e. The van der Waals surface area contributed by atoms with E-state index in [1.54, 1.807) is 0 Å². The minimum Gasteiger partial charge on any atom is -0.345 e. The topological polar surface area (TPSA) is 46.1 Å². The van der Waals surface area contributed by atoms with Crippen molar-refractivity contribution in [2.24, 2.45) is 5.92 Å². The molecule has 1 aromatic heterocycles. The van der Waals surface area contributed by atoms with Crippen LogP contribution < -0.4 is 10.6 Å². The van der Waals surface area contributed by atoms with Gasteiger partial charge in [-0.1, -0.05) is 43.7 Å². The van der Waals surface area contributed by atoms with Crippen molar-refractivity contribution in [3.63, 3.8) is 0 Å². The quantitative estimate of drug-likeness (QED) is 0.804. The van der Waals surface area contributed by atoms with Crippen molar-refractivity contribution in [2.45, 2.75) is 40.3 Å². The summed E-state index contributed by atoms with van der Waals surface area (Å²) in [5, 5.41) is 5.82. The summed E-state index contributed by atoms with van der Waals surface area (Å²) in [6.07, 6.45) is 3.05. The zero-order valence-corrected chi connectivity index (χ0v) is 14.3. The normalized spacial score (nSPS) is 10.8. The number of hydrogen-bond donors (Lipinski definition) is 2. The standard InChI is InChI=1S/C19H27N3O/c1-15(2)9-10-20-19(23)21-13-18-8-5-11-22(18)14-17-7-4-6-16(3)12-17/h4-8,11-12,15H,9-10,13-14H2,1-3H3,(H2,20,21,23). The van der Waals surface area contributed by atoms with Gasteiger partial charge in [0.2, 0.25) is 0 Å². The molecular weight excluding hydrogens is 286 g/mol. The first-order chi connectivity index (χ1) is 11.0. The molecule has 2 aromatic rings. The number of carbonyl (C=O) groups excluding carboxylic acids is 1. The summed E-state index contributed by atoms with van der Waals surface area (Å²) in [4.78, 5) is 11.8. The summed E-state index contributed by atoms with van der Waals surface area (Å²) in [5.41, 5.74) is 3.63. The first kappa shape index (κ1) is 17.1. The Kier molecular flexibility index (Phi) is 6.27. The summed E-state index contributed by atoms with van der Waals surface area (Å²) < 4.78 is 2.17. The summed E-state index contributed by atoms with van der Waals surface area (Å²) in [5.74, 6) is 0.599. The number of amides is 2. The summed E-state index contributed by atoms with van der Waals surface area (Å²) >= 11 is 0. The number of aromatic nitrogens is 1. The number of carbonyl (C=O) groups is 1. The van der Waals surface area contributed by atoms with Crippen LogP contribution in [0.3, 0.4) is 0 Å². The van der Waals surface area contributed by atoms with Crippen molar-refractivity contribution < 1.29 is 4.79 Å². The van der Waals surface area contributed by atoms with Gasteiger partial charge < -0.3 is 15.2 Å². The molecule has 0 aliphatic heterocycles. The molecule has 1 aromatic carbocycles. The van der Waals surface area contributed by atoms with Gasteiger partial charge in [-0.05, 0) is 37.0 Å². The molecule has 23 heavy (non-hydrogen) atoms. The van der Waals surface area contributed by atoms with E-state index < -0.39 is 0 Å². The van der Waals surface area contributed by atoms with E-state index in [-0.39, 0.29) is 6.03 Å². The third-order valence-electron chi connectivity index (χ3n) is 3.80. The number of benzene rings is 1. The van der Waals surface area contributed by atoms with Gasteiger partial charge in [-0.2, -0.15) is 0 Å². The van der Waals surface area contributed by atoms with E-state index in [0.29, 0.717) is 19.0 Å². The highest BCUT2D eigenvalue weighted by Gasteiger charge is 2.05. The zero-order chi connectivity index (χ0) is 16.7. The Morgan fingerprint density at radius 2 is 2.00 bits per heavy atom. The van der Waals surface area contributed by atoms with Crippen molar-refractivity contribution in [2.75, 3.05) is 6.54 Å². The van der Waals surface area contributed by atoms with E-state index in [2.05, 4.69) is 66.4 Å². The van der Waals surface area contributed by atoms with Crippen molar-refractivity contribution in [3.8, 4) is 0 Å². The predicted octanol–water partition coefficient (Wildman–Crippen LogP) is 3.69. The Labute approximate surface area is 138 Å². The molecule has 124 valence electrons. The maximum atomic E-state index is 11.8. The fourth-order valence-electron chi connectivity index (χ4n) is 2.48. The van der Waals surface area contributed by atoms with Crippen molar-refractivity contribution in [1.82, 2.24) is 15.2 Å². The highest BCUT2D eigenvalue weighted by Crippen LogP contribution is 2.09. The van der Waals surface area contributed by atoms with E-state index >= 15 is 0 Å². The highest BCUT2D eigenvalue weighted by molar-refractivity contribution is 5.73. The highest BCUT2D eigenvalue weighted by atomic mass is 16.2. The third kappa shape index (κ3) is 5.81. The van der Waals surface area contributed by atoms with Crippen LogP contribution in [-0.2, 0) is 13.1 Å². The van der Waals surface area contributed by atoms with Crippen molar-refractivity contribution in [3.05, 3.63) is 59.4 Å². The fourth-order valence-corrected chi connectivity index (χ4v) is 2.48. The average Bonchev–Trinajstić information content (AvgIpc) is 2.92. The van der Waals surface area contributed by atoms with Gasteiger partial charge in [-0.3, -0.25) is 0 Å². The molecule has 0 spiro atoms. The van der Waals surface area contributed by atoms with Crippen LogP contribution in [-0.4, -0.2) is 17.1 Å². The minimum atomic E-state index is -0.103. The van der Waals surface area contributed by atoms with Gasteiger partial charge in [0.15, 0.2) is 0 Å². The van der Waals surface area contributed by atoms with Crippen LogP contribution in [0.2, 0.25) is 0 Å². The number of rotatable bonds is 7. The number of nitrogens with zero attached hydrogens (tertiary/aromatic N) is 1. The van der Waals surface area contributed by atoms with Crippen LogP contribution in [0.1, 0.15) is 37.1 Å². The molecule has 0 aliphatic rings. The lowest BCUT2D eigenvalue weighted by molar-refractivity contribution is 0.239.